The molecule has 0 aliphatic carbocycles. The van der Waals surface area contributed by atoms with Crippen LogP contribution in [0.1, 0.15) is 42.0 Å². The van der Waals surface area contributed by atoms with Gasteiger partial charge in [0, 0.05) is 41.5 Å². The van der Waals surface area contributed by atoms with E-state index in [9.17, 15) is 20.2 Å². The van der Waals surface area contributed by atoms with Gasteiger partial charge in [-0.3, -0.25) is 20.2 Å². The summed E-state index contributed by atoms with van der Waals surface area (Å²) in [6, 6.07) is 12.1. The van der Waals surface area contributed by atoms with Crippen molar-refractivity contribution < 1.29 is 24.4 Å². The molecule has 0 amide bonds. The highest BCUT2D eigenvalue weighted by atomic mass is 35.5. The van der Waals surface area contributed by atoms with Crippen molar-refractivity contribution >= 4 is 28.7 Å². The van der Waals surface area contributed by atoms with Crippen LogP contribution in [0.15, 0.2) is 60.9 Å². The molecule has 210 valence electrons. The van der Waals surface area contributed by atoms with Gasteiger partial charge in [-0.2, -0.15) is 0 Å². The minimum atomic E-state index is -0.497. The molecule has 3 N–H and O–H groups in total. The number of aromatic nitrogens is 2. The van der Waals surface area contributed by atoms with E-state index in [0.717, 1.165) is 0 Å². The molecule has 3 aromatic rings. The second-order valence-corrected chi connectivity index (χ2v) is 7.90. The number of nitrogen functional groups attached to an aromatic ring is 1. The van der Waals surface area contributed by atoms with E-state index in [0.29, 0.717) is 29.1 Å². The van der Waals surface area contributed by atoms with E-state index in [2.05, 4.69) is 9.97 Å². The predicted molar refractivity (Wildman–Crippen MR) is 149 cm³/mol. The normalized spacial score (nSPS) is 9.29. The van der Waals surface area contributed by atoms with Gasteiger partial charge in [-0.1, -0.05) is 19.0 Å². The summed E-state index contributed by atoms with van der Waals surface area (Å²) in [5.41, 5.74) is 6.12. The summed E-state index contributed by atoms with van der Waals surface area (Å²) < 4.78 is 10.3. The number of aliphatic hydroxyl groups excluding tert-OH is 1. The van der Waals surface area contributed by atoms with E-state index in [1.807, 2.05) is 20.8 Å². The SMILES string of the molecule is C.CC(C)O.CC(C)Oc1ccc(N)cn1.CCOc1ccc([N+](=O)[O-])cn1.O=[N+]([O-])c1ccc(Cl)cc1. The summed E-state index contributed by atoms with van der Waals surface area (Å²) in [6.45, 7) is 9.68. The third-order valence-corrected chi connectivity index (χ3v) is 3.63. The first-order valence-electron chi connectivity index (χ1n) is 11.0. The number of hydrogen-bond acceptors (Lipinski definition) is 10. The molecular weight excluding hydrogens is 518 g/mol. The molecular formula is C25H36ClN5O7. The molecule has 0 spiro atoms. The molecule has 2 aromatic heterocycles. The Morgan fingerprint density at radius 1 is 0.895 bits per heavy atom. The van der Waals surface area contributed by atoms with Crippen molar-refractivity contribution in [2.45, 2.75) is 54.3 Å². The van der Waals surface area contributed by atoms with E-state index in [-0.39, 0.29) is 31.0 Å². The van der Waals surface area contributed by atoms with Crippen LogP contribution in [0.5, 0.6) is 11.8 Å². The molecule has 38 heavy (non-hydrogen) atoms. The van der Waals surface area contributed by atoms with E-state index >= 15 is 0 Å². The molecule has 0 bridgehead atoms. The fourth-order valence-electron chi connectivity index (χ4n) is 1.98. The Morgan fingerprint density at radius 3 is 1.74 bits per heavy atom. The predicted octanol–water partition coefficient (Wildman–Crippen LogP) is 6.11. The molecule has 12 nitrogen and oxygen atoms in total. The molecule has 0 aliphatic rings. The van der Waals surface area contributed by atoms with Gasteiger partial charge in [0.1, 0.15) is 6.20 Å². The summed E-state index contributed by atoms with van der Waals surface area (Å²) in [5.74, 6) is 1.03. The lowest BCUT2D eigenvalue weighted by Gasteiger charge is -2.07. The quantitative estimate of drug-likeness (QED) is 0.267. The first-order chi connectivity index (χ1) is 17.3. The molecule has 0 radical (unpaired) electrons. The maximum absolute atomic E-state index is 10.2. The summed E-state index contributed by atoms with van der Waals surface area (Å²) in [6.07, 6.45) is 2.74. The second kappa shape index (κ2) is 20.1. The summed E-state index contributed by atoms with van der Waals surface area (Å²) >= 11 is 5.49. The molecule has 2 heterocycles. The third-order valence-electron chi connectivity index (χ3n) is 3.38. The van der Waals surface area contributed by atoms with Crippen LogP contribution in [0.4, 0.5) is 17.1 Å². The Morgan fingerprint density at radius 2 is 1.37 bits per heavy atom. The zero-order valence-corrected chi connectivity index (χ0v) is 22.0. The fourth-order valence-corrected chi connectivity index (χ4v) is 2.11. The van der Waals surface area contributed by atoms with Crippen molar-refractivity contribution in [1.29, 1.82) is 0 Å². The maximum atomic E-state index is 10.2. The lowest BCUT2D eigenvalue weighted by Crippen LogP contribution is -2.06. The highest BCUT2D eigenvalue weighted by Gasteiger charge is 2.04. The van der Waals surface area contributed by atoms with Gasteiger partial charge in [0.15, 0.2) is 0 Å². The van der Waals surface area contributed by atoms with Crippen molar-refractivity contribution in [1.82, 2.24) is 9.97 Å². The van der Waals surface area contributed by atoms with Gasteiger partial charge in [0.25, 0.3) is 11.4 Å². The van der Waals surface area contributed by atoms with Crippen LogP contribution < -0.4 is 15.2 Å². The topological polar surface area (TPSA) is 177 Å². The Kier molecular flexibility index (Phi) is 19.1. The monoisotopic (exact) mass is 553 g/mol. The Bertz CT molecular complexity index is 1050. The van der Waals surface area contributed by atoms with Gasteiger partial charge in [-0.25, -0.2) is 9.97 Å². The van der Waals surface area contributed by atoms with E-state index < -0.39 is 9.85 Å². The smallest absolute Gasteiger partial charge is 0.287 e. The van der Waals surface area contributed by atoms with Crippen LogP contribution in [0.2, 0.25) is 5.02 Å². The van der Waals surface area contributed by atoms with E-state index in [4.69, 9.17) is 31.9 Å². The molecule has 1 aromatic carbocycles. The third kappa shape index (κ3) is 18.3. The van der Waals surface area contributed by atoms with E-state index in [1.165, 1.54) is 42.6 Å². The zero-order valence-electron chi connectivity index (χ0n) is 21.3. The van der Waals surface area contributed by atoms with Crippen molar-refractivity contribution in [2.75, 3.05) is 12.3 Å². The van der Waals surface area contributed by atoms with Crippen LogP contribution in [-0.4, -0.2) is 43.7 Å². The molecule has 0 aliphatic heterocycles. The van der Waals surface area contributed by atoms with Gasteiger partial charge in [0.05, 0.1) is 34.4 Å². The fraction of sp³-hybridized carbons (Fsp3) is 0.360. The summed E-state index contributed by atoms with van der Waals surface area (Å²) in [4.78, 5) is 27.0. The number of pyridine rings is 2. The Labute approximate surface area is 227 Å². The second-order valence-electron chi connectivity index (χ2n) is 7.47. The largest absolute Gasteiger partial charge is 0.478 e. The number of nitrogens with zero attached hydrogens (tertiary/aromatic N) is 4. The number of rotatable bonds is 6. The van der Waals surface area contributed by atoms with Crippen LogP contribution in [0, 0.1) is 20.2 Å². The molecule has 0 saturated carbocycles. The highest BCUT2D eigenvalue weighted by Crippen LogP contribution is 2.15. The lowest BCUT2D eigenvalue weighted by molar-refractivity contribution is -0.385. The lowest BCUT2D eigenvalue weighted by atomic mass is 10.3. The number of halogens is 1. The number of hydrogen-bond donors (Lipinski definition) is 2. The molecule has 3 rings (SSSR count). The van der Waals surface area contributed by atoms with Crippen LogP contribution in [0.3, 0.4) is 0 Å². The zero-order chi connectivity index (χ0) is 28.4. The standard InChI is InChI=1S/C8H12N2O.C7H8N2O3.C6H4ClNO2.C3H8O.CH4/c1-6(2)11-8-4-3-7(9)5-10-8;1-2-12-7-4-3-6(5-8-7)9(10)11;7-5-1-3-6(4-2-5)8(9)10;1-3(2)4;/h3-6H,9H2,1-2H3;3-5H,2H2,1H3;1-4H;3-4H,1-2H3;1H4. The van der Waals surface area contributed by atoms with Crippen molar-refractivity contribution in [2.24, 2.45) is 0 Å². The van der Waals surface area contributed by atoms with Gasteiger partial charge >= 0.3 is 0 Å². The number of ether oxygens (including phenoxy) is 2. The van der Waals surface area contributed by atoms with Crippen LogP contribution in [0.25, 0.3) is 0 Å². The number of anilines is 1. The highest BCUT2D eigenvalue weighted by molar-refractivity contribution is 6.30. The number of benzene rings is 1. The first-order valence-corrected chi connectivity index (χ1v) is 11.4. The minimum absolute atomic E-state index is 0. The van der Waals surface area contributed by atoms with Crippen molar-refractivity contribution in [3.63, 3.8) is 0 Å². The van der Waals surface area contributed by atoms with Crippen molar-refractivity contribution in [3.05, 3.63) is 86.2 Å². The molecule has 13 heteroatoms. The number of nitro benzene ring substituents is 1. The van der Waals surface area contributed by atoms with E-state index in [1.54, 1.807) is 32.2 Å². The van der Waals surface area contributed by atoms with Gasteiger partial charge in [-0.15, -0.1) is 0 Å². The van der Waals surface area contributed by atoms with Gasteiger partial charge < -0.3 is 20.3 Å². The van der Waals surface area contributed by atoms with Gasteiger partial charge in [-0.05, 0) is 52.8 Å². The number of nitro groups is 2. The number of non-ortho nitro benzene ring substituents is 1. The number of nitrogens with two attached hydrogens (primary N) is 1. The Balaban J connectivity index is 0. The summed E-state index contributed by atoms with van der Waals surface area (Å²) in [5, 5.41) is 28.8. The number of aliphatic hydroxyl groups is 1. The molecule has 0 unspecified atom stereocenters. The molecule has 0 fully saturated rings. The maximum Gasteiger partial charge on any atom is 0.287 e. The van der Waals surface area contributed by atoms with Gasteiger partial charge in [0.2, 0.25) is 11.8 Å². The average molecular weight is 554 g/mol. The van der Waals surface area contributed by atoms with Crippen molar-refractivity contribution in [3.8, 4) is 11.8 Å². The van der Waals surface area contributed by atoms with Crippen LogP contribution in [-0.2, 0) is 0 Å². The Hall–Kier alpha value is -4.03. The summed E-state index contributed by atoms with van der Waals surface area (Å²) in [7, 11) is 0. The molecule has 0 saturated heterocycles. The average Bonchev–Trinajstić information content (AvgIpc) is 2.82. The minimum Gasteiger partial charge on any atom is -0.478 e. The first kappa shape index (κ1) is 36.1. The molecule has 0 atom stereocenters. The van der Waals surface area contributed by atoms with Crippen LogP contribution >= 0.6 is 11.6 Å².